The van der Waals surface area contributed by atoms with Crippen molar-refractivity contribution in [2.45, 2.75) is 17.3 Å². The SMILES string of the molecule is CN1C(=O)OCc2ccc(S(=O)(=O)Cc3ccc(F)c(Cl)c3)cc21. The summed E-state index contributed by atoms with van der Waals surface area (Å²) >= 11 is 5.69. The molecule has 0 bridgehead atoms. The Kier molecular flexibility index (Phi) is 4.23. The van der Waals surface area contributed by atoms with Crippen molar-refractivity contribution in [1.29, 1.82) is 0 Å². The van der Waals surface area contributed by atoms with Crippen LogP contribution in [0.1, 0.15) is 11.1 Å². The number of cyclic esters (lactones) is 1. The zero-order valence-corrected chi connectivity index (χ0v) is 14.2. The predicted molar refractivity (Wildman–Crippen MR) is 87.3 cm³/mol. The van der Waals surface area contributed by atoms with E-state index in [0.717, 1.165) is 11.6 Å². The maximum absolute atomic E-state index is 13.2. The number of halogens is 2. The van der Waals surface area contributed by atoms with Gasteiger partial charge in [0.1, 0.15) is 12.4 Å². The largest absolute Gasteiger partial charge is 0.444 e. The molecule has 0 saturated heterocycles. The third kappa shape index (κ3) is 3.09. The molecule has 0 radical (unpaired) electrons. The smallest absolute Gasteiger partial charge is 0.414 e. The van der Waals surface area contributed by atoms with Crippen LogP contribution in [0.3, 0.4) is 0 Å². The molecule has 126 valence electrons. The summed E-state index contributed by atoms with van der Waals surface area (Å²) in [5.74, 6) is -0.924. The van der Waals surface area contributed by atoms with Crippen LogP contribution < -0.4 is 4.90 Å². The normalized spacial score (nSPS) is 14.3. The van der Waals surface area contributed by atoms with E-state index < -0.39 is 21.7 Å². The van der Waals surface area contributed by atoms with Crippen LogP contribution in [-0.2, 0) is 26.9 Å². The van der Waals surface area contributed by atoms with Crippen molar-refractivity contribution in [3.8, 4) is 0 Å². The maximum atomic E-state index is 13.2. The molecule has 1 aliphatic heterocycles. The van der Waals surface area contributed by atoms with Gasteiger partial charge in [-0.1, -0.05) is 23.7 Å². The number of hydrogen-bond donors (Lipinski definition) is 0. The van der Waals surface area contributed by atoms with E-state index >= 15 is 0 Å². The van der Waals surface area contributed by atoms with Gasteiger partial charge in [0.2, 0.25) is 0 Å². The average Bonchev–Trinajstić information content (AvgIpc) is 2.54. The van der Waals surface area contributed by atoms with Crippen LogP contribution >= 0.6 is 11.6 Å². The summed E-state index contributed by atoms with van der Waals surface area (Å²) in [5.41, 5.74) is 1.59. The highest BCUT2D eigenvalue weighted by atomic mass is 35.5. The van der Waals surface area contributed by atoms with E-state index in [4.69, 9.17) is 16.3 Å². The molecule has 0 N–H and O–H groups in total. The van der Waals surface area contributed by atoms with Gasteiger partial charge in [-0.05, 0) is 29.8 Å². The number of carbonyl (C=O) groups is 1. The Morgan fingerprint density at radius 3 is 2.71 bits per heavy atom. The molecular formula is C16H13ClFNO4S. The van der Waals surface area contributed by atoms with Gasteiger partial charge in [0.25, 0.3) is 0 Å². The number of amides is 1. The van der Waals surface area contributed by atoms with E-state index in [2.05, 4.69) is 0 Å². The molecule has 0 aliphatic carbocycles. The molecule has 0 atom stereocenters. The van der Waals surface area contributed by atoms with E-state index in [0.29, 0.717) is 11.3 Å². The van der Waals surface area contributed by atoms with Gasteiger partial charge in [-0.25, -0.2) is 17.6 Å². The molecule has 2 aromatic carbocycles. The van der Waals surface area contributed by atoms with E-state index in [9.17, 15) is 17.6 Å². The van der Waals surface area contributed by atoms with Crippen LogP contribution in [0, 0.1) is 5.82 Å². The number of benzene rings is 2. The first-order valence-electron chi connectivity index (χ1n) is 6.98. The Hall–Kier alpha value is -2.12. The minimum atomic E-state index is -3.68. The zero-order valence-electron chi connectivity index (χ0n) is 12.6. The summed E-state index contributed by atoms with van der Waals surface area (Å²) in [7, 11) is -2.17. The van der Waals surface area contributed by atoms with Crippen molar-refractivity contribution < 1.29 is 22.3 Å². The molecule has 3 rings (SSSR count). The Morgan fingerprint density at radius 2 is 2.00 bits per heavy atom. The fourth-order valence-corrected chi connectivity index (χ4v) is 3.99. The lowest BCUT2D eigenvalue weighted by Gasteiger charge is -2.25. The van der Waals surface area contributed by atoms with E-state index in [1.807, 2.05) is 0 Å². The second kappa shape index (κ2) is 6.07. The van der Waals surface area contributed by atoms with Crippen LogP contribution in [0.5, 0.6) is 0 Å². The number of rotatable bonds is 3. The van der Waals surface area contributed by atoms with Gasteiger partial charge in [0.05, 0.1) is 21.4 Å². The second-order valence-electron chi connectivity index (χ2n) is 5.41. The lowest BCUT2D eigenvalue weighted by Crippen LogP contribution is -2.32. The van der Waals surface area contributed by atoms with Crippen LogP contribution in [0.15, 0.2) is 41.3 Å². The number of fused-ring (bicyclic) bond motifs is 1. The average molecular weight is 370 g/mol. The van der Waals surface area contributed by atoms with Gasteiger partial charge >= 0.3 is 6.09 Å². The lowest BCUT2D eigenvalue weighted by molar-refractivity contribution is 0.143. The molecule has 1 aliphatic rings. The van der Waals surface area contributed by atoms with E-state index in [1.165, 1.54) is 36.2 Å². The van der Waals surface area contributed by atoms with Crippen molar-refractivity contribution in [2.75, 3.05) is 11.9 Å². The number of sulfone groups is 1. The minimum absolute atomic E-state index is 0.0725. The Morgan fingerprint density at radius 1 is 1.25 bits per heavy atom. The number of anilines is 1. The predicted octanol–water partition coefficient (Wildman–Crippen LogP) is 3.54. The number of ether oxygens (including phenoxy) is 1. The molecule has 0 aromatic heterocycles. The molecule has 0 spiro atoms. The quantitative estimate of drug-likeness (QED) is 0.830. The third-order valence-electron chi connectivity index (χ3n) is 3.74. The molecular weight excluding hydrogens is 357 g/mol. The van der Waals surface area contributed by atoms with Gasteiger partial charge < -0.3 is 4.74 Å². The van der Waals surface area contributed by atoms with Crippen molar-refractivity contribution in [1.82, 2.24) is 0 Å². The molecule has 0 unspecified atom stereocenters. The first-order chi connectivity index (χ1) is 11.3. The van der Waals surface area contributed by atoms with Gasteiger partial charge in [0.15, 0.2) is 9.84 Å². The Bertz CT molecular complexity index is 930. The summed E-state index contributed by atoms with van der Waals surface area (Å²) in [6.45, 7) is 0.104. The molecule has 1 amide bonds. The Labute approximate surface area is 143 Å². The second-order valence-corrected chi connectivity index (χ2v) is 7.81. The first-order valence-corrected chi connectivity index (χ1v) is 9.01. The van der Waals surface area contributed by atoms with Crippen LogP contribution in [0.2, 0.25) is 5.02 Å². The highest BCUT2D eigenvalue weighted by Crippen LogP contribution is 2.30. The molecule has 2 aromatic rings. The highest BCUT2D eigenvalue weighted by Gasteiger charge is 2.25. The van der Waals surface area contributed by atoms with Crippen molar-refractivity contribution >= 4 is 33.2 Å². The zero-order chi connectivity index (χ0) is 17.5. The van der Waals surface area contributed by atoms with Crippen LogP contribution in [-0.4, -0.2) is 21.6 Å². The monoisotopic (exact) mass is 369 g/mol. The topological polar surface area (TPSA) is 63.7 Å². The number of nitrogens with zero attached hydrogens (tertiary/aromatic N) is 1. The van der Waals surface area contributed by atoms with Gasteiger partial charge in [-0.3, -0.25) is 4.90 Å². The molecule has 24 heavy (non-hydrogen) atoms. The van der Waals surface area contributed by atoms with Gasteiger partial charge in [-0.2, -0.15) is 0 Å². The number of carbonyl (C=O) groups excluding carboxylic acids is 1. The number of hydrogen-bond acceptors (Lipinski definition) is 4. The molecule has 5 nitrogen and oxygen atoms in total. The van der Waals surface area contributed by atoms with Crippen LogP contribution in [0.4, 0.5) is 14.9 Å². The van der Waals surface area contributed by atoms with Crippen molar-refractivity contribution in [3.05, 3.63) is 58.4 Å². The van der Waals surface area contributed by atoms with Crippen molar-refractivity contribution in [3.63, 3.8) is 0 Å². The summed E-state index contributed by atoms with van der Waals surface area (Å²) in [5, 5.41) is -0.129. The molecule has 0 saturated carbocycles. The summed E-state index contributed by atoms with van der Waals surface area (Å²) < 4.78 is 43.3. The minimum Gasteiger partial charge on any atom is -0.444 e. The molecule has 8 heteroatoms. The van der Waals surface area contributed by atoms with Crippen LogP contribution in [0.25, 0.3) is 0 Å². The highest BCUT2D eigenvalue weighted by molar-refractivity contribution is 7.90. The summed E-state index contributed by atoms with van der Waals surface area (Å²) in [4.78, 5) is 12.9. The van der Waals surface area contributed by atoms with E-state index in [-0.39, 0.29) is 22.3 Å². The fourth-order valence-electron chi connectivity index (χ4n) is 2.44. The first kappa shape index (κ1) is 16.7. The maximum Gasteiger partial charge on any atom is 0.414 e. The van der Waals surface area contributed by atoms with E-state index in [1.54, 1.807) is 6.07 Å². The molecule has 0 fully saturated rings. The summed E-state index contributed by atoms with van der Waals surface area (Å²) in [6.07, 6.45) is -0.539. The standard InChI is InChI=1S/C16H13ClFNO4S/c1-19-15-7-12(4-3-11(15)8-23-16(19)20)24(21,22)9-10-2-5-14(18)13(17)6-10/h2-7H,8-9H2,1H3. The third-order valence-corrected chi connectivity index (χ3v) is 5.72. The summed E-state index contributed by atoms with van der Waals surface area (Å²) in [6, 6.07) is 8.31. The molecule has 1 heterocycles. The van der Waals surface area contributed by atoms with Gasteiger partial charge in [-0.15, -0.1) is 0 Å². The van der Waals surface area contributed by atoms with Gasteiger partial charge in [0, 0.05) is 12.6 Å². The Balaban J connectivity index is 1.95. The van der Waals surface area contributed by atoms with Crippen molar-refractivity contribution in [2.24, 2.45) is 0 Å². The fraction of sp³-hybridized carbons (Fsp3) is 0.188. The lowest BCUT2D eigenvalue weighted by atomic mass is 10.1.